The maximum atomic E-state index is 13.0. The van der Waals surface area contributed by atoms with Crippen LogP contribution in [-0.4, -0.2) is 39.2 Å². The molecule has 1 saturated heterocycles. The average Bonchev–Trinajstić information content (AvgIpc) is 2.96. The monoisotopic (exact) mass is 362 g/mol. The highest BCUT2D eigenvalue weighted by Crippen LogP contribution is 2.22. The van der Waals surface area contributed by atoms with Crippen molar-refractivity contribution in [3.63, 3.8) is 0 Å². The third-order valence-corrected chi connectivity index (χ3v) is 4.93. The molecule has 0 radical (unpaired) electrons. The van der Waals surface area contributed by atoms with E-state index in [1.54, 1.807) is 6.20 Å². The lowest BCUT2D eigenvalue weighted by atomic mass is 9.96. The van der Waals surface area contributed by atoms with Crippen molar-refractivity contribution in [1.82, 2.24) is 14.7 Å². The zero-order valence-corrected chi connectivity index (χ0v) is 15.7. The molecule has 1 amide bonds. The van der Waals surface area contributed by atoms with E-state index in [-0.39, 0.29) is 30.4 Å². The van der Waals surface area contributed by atoms with E-state index >= 15 is 0 Å². The molecule has 0 bridgehead atoms. The topological polar surface area (TPSA) is 64.2 Å². The minimum absolute atomic E-state index is 0. The van der Waals surface area contributed by atoms with Gasteiger partial charge in [-0.3, -0.25) is 9.48 Å². The summed E-state index contributed by atoms with van der Waals surface area (Å²) < 4.78 is 1.90. The fourth-order valence-electron chi connectivity index (χ4n) is 3.48. The molecule has 1 aliphatic heterocycles. The highest BCUT2D eigenvalue weighted by molar-refractivity contribution is 5.95. The normalized spacial score (nSPS) is 18.5. The van der Waals surface area contributed by atoms with Crippen molar-refractivity contribution < 1.29 is 4.79 Å². The molecule has 136 valence electrons. The van der Waals surface area contributed by atoms with E-state index in [1.807, 2.05) is 41.6 Å². The Morgan fingerprint density at radius 2 is 2.04 bits per heavy atom. The van der Waals surface area contributed by atoms with Gasteiger partial charge in [0, 0.05) is 24.3 Å². The number of nitrogens with zero attached hydrogens (tertiary/aromatic N) is 3. The van der Waals surface area contributed by atoms with Gasteiger partial charge in [0.25, 0.3) is 5.91 Å². The fraction of sp³-hybridized carbons (Fsp3) is 0.474. The van der Waals surface area contributed by atoms with Crippen molar-refractivity contribution in [2.75, 3.05) is 6.54 Å². The zero-order chi connectivity index (χ0) is 17.1. The molecule has 1 fully saturated rings. The Labute approximate surface area is 155 Å². The molecule has 0 spiro atoms. The van der Waals surface area contributed by atoms with Gasteiger partial charge in [-0.15, -0.1) is 12.4 Å². The van der Waals surface area contributed by atoms with Crippen LogP contribution in [0.25, 0.3) is 0 Å². The highest BCUT2D eigenvalue weighted by Gasteiger charge is 2.31. The van der Waals surface area contributed by atoms with E-state index in [2.05, 4.69) is 17.2 Å². The number of rotatable bonds is 4. The van der Waals surface area contributed by atoms with Crippen molar-refractivity contribution in [2.45, 2.75) is 51.7 Å². The van der Waals surface area contributed by atoms with E-state index in [1.165, 1.54) is 5.56 Å². The number of hydrogen-bond donors (Lipinski definition) is 1. The molecule has 2 atom stereocenters. The Hall–Kier alpha value is -1.85. The van der Waals surface area contributed by atoms with Gasteiger partial charge in [0.2, 0.25) is 0 Å². The average molecular weight is 363 g/mol. The quantitative estimate of drug-likeness (QED) is 0.909. The second kappa shape index (κ2) is 8.50. The number of halogens is 1. The van der Waals surface area contributed by atoms with Crippen molar-refractivity contribution in [3.8, 4) is 0 Å². The molecule has 1 aromatic heterocycles. The van der Waals surface area contributed by atoms with Gasteiger partial charge >= 0.3 is 0 Å². The number of carbonyl (C=O) groups is 1. The van der Waals surface area contributed by atoms with Crippen LogP contribution >= 0.6 is 12.4 Å². The molecule has 0 aliphatic carbocycles. The SMILES string of the molecule is Cc1c(C(=O)N2CCCCC2C(C)N)cnn1Cc1ccccc1.Cl. The van der Waals surface area contributed by atoms with Gasteiger partial charge in [-0.1, -0.05) is 30.3 Å². The molecule has 1 aliphatic rings. The van der Waals surface area contributed by atoms with Gasteiger partial charge < -0.3 is 10.6 Å². The first-order valence-electron chi connectivity index (χ1n) is 8.71. The Bertz CT molecular complexity index is 699. The fourth-order valence-corrected chi connectivity index (χ4v) is 3.48. The highest BCUT2D eigenvalue weighted by atomic mass is 35.5. The third-order valence-electron chi connectivity index (χ3n) is 4.93. The van der Waals surface area contributed by atoms with Gasteiger partial charge in [0.15, 0.2) is 0 Å². The van der Waals surface area contributed by atoms with Gasteiger partial charge in [0.1, 0.15) is 0 Å². The molecule has 25 heavy (non-hydrogen) atoms. The number of hydrogen-bond acceptors (Lipinski definition) is 3. The van der Waals surface area contributed by atoms with Gasteiger partial charge in [-0.05, 0) is 38.7 Å². The van der Waals surface area contributed by atoms with Crippen LogP contribution in [0.2, 0.25) is 0 Å². The second-order valence-corrected chi connectivity index (χ2v) is 6.71. The minimum atomic E-state index is -0.00563. The van der Waals surface area contributed by atoms with Gasteiger partial charge in [0.05, 0.1) is 18.3 Å². The van der Waals surface area contributed by atoms with Crippen LogP contribution in [0.5, 0.6) is 0 Å². The van der Waals surface area contributed by atoms with E-state index < -0.39 is 0 Å². The van der Waals surface area contributed by atoms with Crippen molar-refractivity contribution in [3.05, 3.63) is 53.3 Å². The summed E-state index contributed by atoms with van der Waals surface area (Å²) >= 11 is 0. The van der Waals surface area contributed by atoms with Crippen LogP contribution < -0.4 is 5.73 Å². The summed E-state index contributed by atoms with van der Waals surface area (Å²) in [5, 5.41) is 4.43. The van der Waals surface area contributed by atoms with Crippen molar-refractivity contribution >= 4 is 18.3 Å². The minimum Gasteiger partial charge on any atom is -0.334 e. The standard InChI is InChI=1S/C19H26N4O.ClH/c1-14(20)18-10-6-7-11-22(18)19(24)17-12-21-23(15(17)2)13-16-8-4-3-5-9-16;/h3-5,8-9,12,14,18H,6-7,10-11,13,20H2,1-2H3;1H. The first kappa shape index (κ1) is 19.5. The van der Waals surface area contributed by atoms with Gasteiger partial charge in [-0.2, -0.15) is 5.10 Å². The predicted molar refractivity (Wildman–Crippen MR) is 102 cm³/mol. The number of benzene rings is 1. The summed E-state index contributed by atoms with van der Waals surface area (Å²) in [5.74, 6) is 0.0637. The second-order valence-electron chi connectivity index (χ2n) is 6.71. The smallest absolute Gasteiger partial charge is 0.257 e. The number of likely N-dealkylation sites (tertiary alicyclic amines) is 1. The Morgan fingerprint density at radius 3 is 2.72 bits per heavy atom. The number of piperidine rings is 1. The van der Waals surface area contributed by atoms with Crippen LogP contribution in [0.4, 0.5) is 0 Å². The molecule has 2 N–H and O–H groups in total. The molecule has 6 heteroatoms. The number of nitrogens with two attached hydrogens (primary N) is 1. The van der Waals surface area contributed by atoms with Crippen LogP contribution in [0.1, 0.15) is 47.8 Å². The summed E-state index contributed by atoms with van der Waals surface area (Å²) in [4.78, 5) is 15.0. The summed E-state index contributed by atoms with van der Waals surface area (Å²) in [6.45, 7) is 5.42. The molecule has 0 saturated carbocycles. The molecule has 3 rings (SSSR count). The zero-order valence-electron chi connectivity index (χ0n) is 14.9. The van der Waals surface area contributed by atoms with Crippen LogP contribution in [0.3, 0.4) is 0 Å². The summed E-state index contributed by atoms with van der Waals surface area (Å²) in [6, 6.07) is 10.3. The first-order valence-corrected chi connectivity index (χ1v) is 8.71. The van der Waals surface area contributed by atoms with Crippen LogP contribution in [-0.2, 0) is 6.54 Å². The Kier molecular flexibility index (Phi) is 6.62. The van der Waals surface area contributed by atoms with E-state index in [0.29, 0.717) is 12.1 Å². The lowest BCUT2D eigenvalue weighted by Crippen LogP contribution is -2.51. The first-order chi connectivity index (χ1) is 11.6. The molecule has 1 aromatic carbocycles. The molecular formula is C19H27ClN4O. The van der Waals surface area contributed by atoms with E-state index in [0.717, 1.165) is 31.5 Å². The number of carbonyl (C=O) groups excluding carboxylic acids is 1. The van der Waals surface area contributed by atoms with Crippen LogP contribution in [0, 0.1) is 6.92 Å². The summed E-state index contributed by atoms with van der Waals surface area (Å²) in [6.07, 6.45) is 4.88. The molecular weight excluding hydrogens is 336 g/mol. The molecule has 2 aromatic rings. The van der Waals surface area contributed by atoms with E-state index in [9.17, 15) is 4.79 Å². The van der Waals surface area contributed by atoms with Crippen molar-refractivity contribution in [1.29, 1.82) is 0 Å². The molecule has 2 heterocycles. The maximum Gasteiger partial charge on any atom is 0.257 e. The Balaban J connectivity index is 0.00000225. The summed E-state index contributed by atoms with van der Waals surface area (Å²) in [7, 11) is 0. The third kappa shape index (κ3) is 4.22. The summed E-state index contributed by atoms with van der Waals surface area (Å²) in [5.41, 5.74) is 8.89. The lowest BCUT2D eigenvalue weighted by Gasteiger charge is -2.38. The predicted octanol–water partition coefficient (Wildman–Crippen LogP) is 3.00. The molecule has 2 unspecified atom stereocenters. The lowest BCUT2D eigenvalue weighted by molar-refractivity contribution is 0.0583. The Morgan fingerprint density at radius 1 is 1.32 bits per heavy atom. The van der Waals surface area contributed by atoms with E-state index in [4.69, 9.17) is 5.73 Å². The largest absolute Gasteiger partial charge is 0.334 e. The van der Waals surface area contributed by atoms with Crippen LogP contribution in [0.15, 0.2) is 36.5 Å². The maximum absolute atomic E-state index is 13.0. The number of amides is 1. The number of aromatic nitrogens is 2. The van der Waals surface area contributed by atoms with Gasteiger partial charge in [-0.25, -0.2) is 0 Å². The van der Waals surface area contributed by atoms with Crippen molar-refractivity contribution in [2.24, 2.45) is 5.73 Å². The molecule has 5 nitrogen and oxygen atoms in total.